The lowest BCUT2D eigenvalue weighted by molar-refractivity contribution is 0.787. The standard InChI is InChI=1S/C12H14N4O/c1-8-10(7-13-2)12(17)16-11(15-8)9-4-3-5-14-6-9/h3-6,13H,7H2,1-2H3,(H,15,16,17). The SMILES string of the molecule is CNCc1c(C)nc(-c2cccnc2)[nH]c1=O. The van der Waals surface area contributed by atoms with Crippen molar-refractivity contribution in [3.05, 3.63) is 46.1 Å². The quantitative estimate of drug-likeness (QED) is 0.820. The van der Waals surface area contributed by atoms with Gasteiger partial charge in [-0.1, -0.05) is 0 Å². The Balaban J connectivity index is 2.50. The topological polar surface area (TPSA) is 70.7 Å². The minimum atomic E-state index is -0.106. The van der Waals surface area contributed by atoms with E-state index in [4.69, 9.17) is 0 Å². The normalized spacial score (nSPS) is 10.5. The van der Waals surface area contributed by atoms with Gasteiger partial charge in [-0.25, -0.2) is 4.98 Å². The van der Waals surface area contributed by atoms with Crippen LogP contribution in [0.2, 0.25) is 0 Å². The molecule has 0 bridgehead atoms. The Morgan fingerprint density at radius 3 is 2.88 bits per heavy atom. The lowest BCUT2D eigenvalue weighted by Crippen LogP contribution is -2.22. The summed E-state index contributed by atoms with van der Waals surface area (Å²) in [7, 11) is 1.80. The third kappa shape index (κ3) is 2.39. The Morgan fingerprint density at radius 2 is 2.29 bits per heavy atom. The largest absolute Gasteiger partial charge is 0.315 e. The van der Waals surface area contributed by atoms with Crippen molar-refractivity contribution < 1.29 is 0 Å². The first-order valence-corrected chi connectivity index (χ1v) is 5.37. The van der Waals surface area contributed by atoms with E-state index in [0.717, 1.165) is 11.3 Å². The summed E-state index contributed by atoms with van der Waals surface area (Å²) in [5.41, 5.74) is 2.11. The highest BCUT2D eigenvalue weighted by Gasteiger charge is 2.08. The number of aromatic amines is 1. The second kappa shape index (κ2) is 4.88. The summed E-state index contributed by atoms with van der Waals surface area (Å²) in [6.07, 6.45) is 3.36. The van der Waals surface area contributed by atoms with Crippen LogP contribution in [0.25, 0.3) is 11.4 Å². The van der Waals surface area contributed by atoms with Crippen LogP contribution in [0.3, 0.4) is 0 Å². The minimum absolute atomic E-state index is 0.106. The molecule has 0 spiro atoms. The van der Waals surface area contributed by atoms with Crippen LogP contribution < -0.4 is 10.9 Å². The second-order valence-electron chi connectivity index (χ2n) is 3.75. The van der Waals surface area contributed by atoms with Gasteiger partial charge in [0.25, 0.3) is 5.56 Å². The summed E-state index contributed by atoms with van der Waals surface area (Å²) in [5, 5.41) is 2.95. The molecule has 2 aromatic rings. The van der Waals surface area contributed by atoms with Gasteiger partial charge in [-0.05, 0) is 26.1 Å². The summed E-state index contributed by atoms with van der Waals surface area (Å²) in [6.45, 7) is 2.35. The number of hydrogen-bond donors (Lipinski definition) is 2. The molecule has 0 aliphatic carbocycles. The average Bonchev–Trinajstić information content (AvgIpc) is 2.35. The molecule has 0 saturated carbocycles. The van der Waals surface area contributed by atoms with Crippen molar-refractivity contribution in [1.29, 1.82) is 0 Å². The van der Waals surface area contributed by atoms with Gasteiger partial charge >= 0.3 is 0 Å². The van der Waals surface area contributed by atoms with E-state index < -0.39 is 0 Å². The first-order chi connectivity index (χ1) is 8.22. The molecular formula is C12H14N4O. The molecule has 17 heavy (non-hydrogen) atoms. The Labute approximate surface area is 99.0 Å². The molecular weight excluding hydrogens is 216 g/mol. The van der Waals surface area contributed by atoms with Crippen molar-refractivity contribution in [1.82, 2.24) is 20.3 Å². The Hall–Kier alpha value is -2.01. The average molecular weight is 230 g/mol. The van der Waals surface area contributed by atoms with E-state index in [1.54, 1.807) is 19.4 Å². The van der Waals surface area contributed by atoms with Gasteiger partial charge in [0, 0.05) is 30.2 Å². The van der Waals surface area contributed by atoms with Crippen LogP contribution in [-0.4, -0.2) is 22.0 Å². The molecule has 2 aromatic heterocycles. The first kappa shape index (κ1) is 11.5. The van der Waals surface area contributed by atoms with Crippen LogP contribution in [0.1, 0.15) is 11.3 Å². The van der Waals surface area contributed by atoms with Gasteiger partial charge in [0.05, 0.1) is 5.56 Å². The highest BCUT2D eigenvalue weighted by atomic mass is 16.1. The fourth-order valence-corrected chi connectivity index (χ4v) is 1.63. The number of rotatable bonds is 3. The van der Waals surface area contributed by atoms with Crippen molar-refractivity contribution in [3.63, 3.8) is 0 Å². The van der Waals surface area contributed by atoms with Gasteiger partial charge in [0.15, 0.2) is 0 Å². The van der Waals surface area contributed by atoms with Crippen LogP contribution in [0.4, 0.5) is 0 Å². The van der Waals surface area contributed by atoms with E-state index >= 15 is 0 Å². The maximum Gasteiger partial charge on any atom is 0.255 e. The van der Waals surface area contributed by atoms with Crippen molar-refractivity contribution in [2.45, 2.75) is 13.5 Å². The van der Waals surface area contributed by atoms with Gasteiger partial charge in [-0.15, -0.1) is 0 Å². The zero-order valence-electron chi connectivity index (χ0n) is 9.82. The number of H-pyrrole nitrogens is 1. The van der Waals surface area contributed by atoms with Crippen LogP contribution in [0.5, 0.6) is 0 Å². The number of hydrogen-bond acceptors (Lipinski definition) is 4. The Morgan fingerprint density at radius 1 is 1.47 bits per heavy atom. The molecule has 0 radical (unpaired) electrons. The van der Waals surface area contributed by atoms with E-state index in [1.807, 2.05) is 19.1 Å². The number of aromatic nitrogens is 3. The van der Waals surface area contributed by atoms with Crippen molar-refractivity contribution >= 4 is 0 Å². The zero-order chi connectivity index (χ0) is 12.3. The maximum atomic E-state index is 11.9. The molecule has 0 aliphatic heterocycles. The summed E-state index contributed by atoms with van der Waals surface area (Å²) in [5.74, 6) is 0.556. The predicted molar refractivity (Wildman–Crippen MR) is 65.6 cm³/mol. The van der Waals surface area contributed by atoms with E-state index in [1.165, 1.54) is 0 Å². The van der Waals surface area contributed by atoms with Gasteiger partial charge in [0.1, 0.15) is 5.82 Å². The molecule has 5 heteroatoms. The van der Waals surface area contributed by atoms with E-state index in [0.29, 0.717) is 17.9 Å². The molecule has 2 rings (SSSR count). The third-order valence-corrected chi connectivity index (χ3v) is 2.51. The van der Waals surface area contributed by atoms with Gasteiger partial charge < -0.3 is 10.3 Å². The monoisotopic (exact) mass is 230 g/mol. The molecule has 2 N–H and O–H groups in total. The first-order valence-electron chi connectivity index (χ1n) is 5.37. The van der Waals surface area contributed by atoms with E-state index in [9.17, 15) is 4.79 Å². The van der Waals surface area contributed by atoms with Crippen LogP contribution in [-0.2, 0) is 6.54 Å². The molecule has 0 atom stereocenters. The number of nitrogens with zero attached hydrogens (tertiary/aromatic N) is 2. The van der Waals surface area contributed by atoms with Crippen molar-refractivity contribution in [2.75, 3.05) is 7.05 Å². The van der Waals surface area contributed by atoms with Crippen LogP contribution in [0.15, 0.2) is 29.3 Å². The van der Waals surface area contributed by atoms with Crippen molar-refractivity contribution in [3.8, 4) is 11.4 Å². The van der Waals surface area contributed by atoms with Crippen LogP contribution in [0, 0.1) is 6.92 Å². The molecule has 0 fully saturated rings. The molecule has 5 nitrogen and oxygen atoms in total. The van der Waals surface area contributed by atoms with Gasteiger partial charge in [0.2, 0.25) is 0 Å². The Bertz CT molecular complexity index is 562. The molecule has 0 aromatic carbocycles. The Kier molecular flexibility index (Phi) is 3.30. The molecule has 0 amide bonds. The lowest BCUT2D eigenvalue weighted by atomic mass is 10.2. The van der Waals surface area contributed by atoms with E-state index in [-0.39, 0.29) is 5.56 Å². The predicted octanol–water partition coefficient (Wildman–Crippen LogP) is 0.860. The maximum absolute atomic E-state index is 11.9. The fourth-order valence-electron chi connectivity index (χ4n) is 1.63. The number of nitrogens with one attached hydrogen (secondary N) is 2. The summed E-state index contributed by atoms with van der Waals surface area (Å²) in [4.78, 5) is 23.0. The summed E-state index contributed by atoms with van der Waals surface area (Å²) < 4.78 is 0. The molecule has 88 valence electrons. The minimum Gasteiger partial charge on any atom is -0.315 e. The third-order valence-electron chi connectivity index (χ3n) is 2.51. The summed E-state index contributed by atoms with van der Waals surface area (Å²) in [6, 6.07) is 3.68. The summed E-state index contributed by atoms with van der Waals surface area (Å²) >= 11 is 0. The van der Waals surface area contributed by atoms with Gasteiger partial charge in [-0.3, -0.25) is 9.78 Å². The zero-order valence-corrected chi connectivity index (χ0v) is 9.82. The van der Waals surface area contributed by atoms with E-state index in [2.05, 4.69) is 20.3 Å². The van der Waals surface area contributed by atoms with Crippen molar-refractivity contribution in [2.24, 2.45) is 0 Å². The van der Waals surface area contributed by atoms with Crippen LogP contribution >= 0.6 is 0 Å². The smallest absolute Gasteiger partial charge is 0.255 e. The molecule has 2 heterocycles. The lowest BCUT2D eigenvalue weighted by Gasteiger charge is -2.06. The molecule has 0 aliphatic rings. The highest BCUT2D eigenvalue weighted by molar-refractivity contribution is 5.53. The second-order valence-corrected chi connectivity index (χ2v) is 3.75. The number of aryl methyl sites for hydroxylation is 1. The number of pyridine rings is 1. The highest BCUT2D eigenvalue weighted by Crippen LogP contribution is 2.12. The molecule has 0 unspecified atom stereocenters. The van der Waals surface area contributed by atoms with Gasteiger partial charge in [-0.2, -0.15) is 0 Å². The fraction of sp³-hybridized carbons (Fsp3) is 0.250. The molecule has 0 saturated heterocycles.